The second-order valence-corrected chi connectivity index (χ2v) is 6.21. The monoisotopic (exact) mass is 388 g/mol. The van der Waals surface area contributed by atoms with Crippen LogP contribution in [0.25, 0.3) is 0 Å². The van der Waals surface area contributed by atoms with Crippen molar-refractivity contribution in [3.05, 3.63) is 0 Å². The van der Waals surface area contributed by atoms with Gasteiger partial charge in [0.1, 0.15) is 24.2 Å². The van der Waals surface area contributed by atoms with Crippen LogP contribution in [0.2, 0.25) is 0 Å². The van der Waals surface area contributed by atoms with Crippen LogP contribution in [0.5, 0.6) is 0 Å². The van der Waals surface area contributed by atoms with Crippen LogP contribution < -0.4 is 16.4 Å². The first-order chi connectivity index (χ1) is 12.6. The van der Waals surface area contributed by atoms with Crippen molar-refractivity contribution in [2.75, 3.05) is 13.2 Å². The Bertz CT molecular complexity index is 611. The number of amides is 3. The minimum atomic E-state index is -1.49. The van der Waals surface area contributed by atoms with E-state index in [1.54, 1.807) is 0 Å². The summed E-state index contributed by atoms with van der Waals surface area (Å²) in [5.74, 6) is -5.04. The molecule has 0 aromatic heterocycles. The number of nitrogens with zero attached hydrogens (tertiary/aromatic N) is 1. The molecule has 0 aromatic carbocycles. The zero-order chi connectivity index (χ0) is 20.7. The Kier molecular flexibility index (Phi) is 8.12. The van der Waals surface area contributed by atoms with Crippen LogP contribution in [0.4, 0.5) is 0 Å². The fourth-order valence-electron chi connectivity index (χ4n) is 2.63. The van der Waals surface area contributed by atoms with Crippen molar-refractivity contribution in [2.24, 2.45) is 5.73 Å². The van der Waals surface area contributed by atoms with Gasteiger partial charge in [-0.05, 0) is 19.8 Å². The lowest BCUT2D eigenvalue weighted by Crippen LogP contribution is -2.57. The van der Waals surface area contributed by atoms with Crippen LogP contribution in [-0.4, -0.2) is 87.2 Å². The summed E-state index contributed by atoms with van der Waals surface area (Å²) in [5.41, 5.74) is 5.32. The van der Waals surface area contributed by atoms with Gasteiger partial charge in [0, 0.05) is 6.54 Å². The van der Waals surface area contributed by atoms with E-state index in [9.17, 15) is 24.0 Å². The van der Waals surface area contributed by atoms with Crippen LogP contribution >= 0.6 is 0 Å². The molecule has 1 aliphatic rings. The van der Waals surface area contributed by atoms with Crippen molar-refractivity contribution in [1.82, 2.24) is 15.5 Å². The van der Waals surface area contributed by atoms with Crippen molar-refractivity contribution < 1.29 is 39.3 Å². The maximum atomic E-state index is 12.6. The highest BCUT2D eigenvalue weighted by atomic mass is 16.4. The Labute approximate surface area is 154 Å². The Morgan fingerprint density at radius 1 is 1.15 bits per heavy atom. The third kappa shape index (κ3) is 6.18. The van der Waals surface area contributed by atoms with E-state index in [4.69, 9.17) is 21.1 Å². The molecule has 1 rings (SSSR count). The summed E-state index contributed by atoms with van der Waals surface area (Å²) in [6.45, 7) is 0.792. The summed E-state index contributed by atoms with van der Waals surface area (Å²) in [5, 5.41) is 31.4. The topological polar surface area (TPSA) is 199 Å². The summed E-state index contributed by atoms with van der Waals surface area (Å²) in [4.78, 5) is 59.7. The fourth-order valence-corrected chi connectivity index (χ4v) is 2.63. The molecule has 3 amide bonds. The molecule has 1 heterocycles. The van der Waals surface area contributed by atoms with E-state index in [0.717, 1.165) is 4.90 Å². The second kappa shape index (κ2) is 9.83. The highest BCUT2D eigenvalue weighted by Gasteiger charge is 2.38. The number of carboxylic acid groups (broad SMARTS) is 2. The van der Waals surface area contributed by atoms with Gasteiger partial charge >= 0.3 is 11.9 Å². The number of aliphatic hydroxyl groups is 1. The number of aliphatic hydroxyl groups excluding tert-OH is 1. The van der Waals surface area contributed by atoms with Gasteiger partial charge in [-0.2, -0.15) is 0 Å². The van der Waals surface area contributed by atoms with Gasteiger partial charge in [0.25, 0.3) is 0 Å². The van der Waals surface area contributed by atoms with E-state index in [-0.39, 0.29) is 13.0 Å². The molecule has 7 N–H and O–H groups in total. The molecular formula is C15H24N4O8. The predicted molar refractivity (Wildman–Crippen MR) is 89.2 cm³/mol. The third-order valence-electron chi connectivity index (χ3n) is 4.10. The van der Waals surface area contributed by atoms with Gasteiger partial charge in [-0.25, -0.2) is 4.79 Å². The number of hydrogen-bond acceptors (Lipinski definition) is 7. The molecule has 0 radical (unpaired) electrons. The maximum Gasteiger partial charge on any atom is 0.326 e. The first-order valence-corrected chi connectivity index (χ1v) is 8.30. The zero-order valence-corrected chi connectivity index (χ0v) is 14.8. The van der Waals surface area contributed by atoms with Crippen LogP contribution in [0.15, 0.2) is 0 Å². The highest BCUT2D eigenvalue weighted by Crippen LogP contribution is 2.19. The van der Waals surface area contributed by atoms with Gasteiger partial charge < -0.3 is 36.6 Å². The third-order valence-corrected chi connectivity index (χ3v) is 4.10. The first-order valence-electron chi connectivity index (χ1n) is 8.30. The number of aliphatic carboxylic acids is 2. The lowest BCUT2D eigenvalue weighted by Gasteiger charge is -2.27. The number of rotatable bonds is 9. The van der Waals surface area contributed by atoms with Crippen molar-refractivity contribution >= 4 is 29.7 Å². The molecule has 1 saturated heterocycles. The summed E-state index contributed by atoms with van der Waals surface area (Å²) < 4.78 is 0. The van der Waals surface area contributed by atoms with Gasteiger partial charge in [0.05, 0.1) is 13.0 Å². The standard InChI is InChI=1S/C15H24N4O8/c1-7(17-13(24)8(16)6-20)12(23)18-9(5-11(21)22)14(25)19-4-2-3-10(19)15(26)27/h7-10,20H,2-6,16H2,1H3,(H,17,24)(H,18,23)(H,21,22)(H,26,27). The molecule has 0 aliphatic carbocycles. The van der Waals surface area contributed by atoms with Crippen LogP contribution in [0.1, 0.15) is 26.2 Å². The van der Waals surface area contributed by atoms with Gasteiger partial charge in [-0.1, -0.05) is 0 Å². The molecule has 12 heteroatoms. The normalized spacial score (nSPS) is 19.7. The second-order valence-electron chi connectivity index (χ2n) is 6.21. The van der Waals surface area contributed by atoms with E-state index in [1.807, 2.05) is 0 Å². The minimum Gasteiger partial charge on any atom is -0.481 e. The number of nitrogens with one attached hydrogen (secondary N) is 2. The van der Waals surface area contributed by atoms with E-state index in [2.05, 4.69) is 10.6 Å². The molecule has 0 bridgehead atoms. The fraction of sp³-hybridized carbons (Fsp3) is 0.667. The molecule has 0 saturated carbocycles. The lowest BCUT2D eigenvalue weighted by molar-refractivity contribution is -0.150. The number of hydrogen-bond donors (Lipinski definition) is 6. The van der Waals surface area contributed by atoms with Crippen molar-refractivity contribution in [1.29, 1.82) is 0 Å². The molecule has 152 valence electrons. The molecule has 4 atom stereocenters. The lowest BCUT2D eigenvalue weighted by atomic mass is 10.1. The van der Waals surface area contributed by atoms with E-state index in [1.165, 1.54) is 6.92 Å². The zero-order valence-electron chi connectivity index (χ0n) is 14.8. The molecule has 0 spiro atoms. The Hall–Kier alpha value is -2.73. The molecule has 27 heavy (non-hydrogen) atoms. The van der Waals surface area contributed by atoms with E-state index < -0.39 is 66.9 Å². The quantitative estimate of drug-likeness (QED) is 0.236. The van der Waals surface area contributed by atoms with E-state index in [0.29, 0.717) is 6.42 Å². The molecule has 1 fully saturated rings. The molecular weight excluding hydrogens is 364 g/mol. The number of carbonyl (C=O) groups is 5. The molecule has 4 unspecified atom stereocenters. The van der Waals surface area contributed by atoms with Crippen LogP contribution in [0.3, 0.4) is 0 Å². The van der Waals surface area contributed by atoms with Crippen LogP contribution in [-0.2, 0) is 24.0 Å². The van der Waals surface area contributed by atoms with Crippen molar-refractivity contribution in [2.45, 2.75) is 50.4 Å². The SMILES string of the molecule is CC(NC(=O)C(N)CO)C(=O)NC(CC(=O)O)C(=O)N1CCCC1C(=O)O. The van der Waals surface area contributed by atoms with Gasteiger partial charge in [0.15, 0.2) is 0 Å². The van der Waals surface area contributed by atoms with Gasteiger partial charge in [-0.3, -0.25) is 19.2 Å². The number of likely N-dealkylation sites (tertiary alicyclic amines) is 1. The van der Waals surface area contributed by atoms with E-state index >= 15 is 0 Å². The minimum absolute atomic E-state index is 0.138. The highest BCUT2D eigenvalue weighted by molar-refractivity contribution is 5.95. The van der Waals surface area contributed by atoms with Crippen molar-refractivity contribution in [3.63, 3.8) is 0 Å². The molecule has 0 aromatic rings. The maximum absolute atomic E-state index is 12.6. The summed E-state index contributed by atoms with van der Waals surface area (Å²) in [7, 11) is 0. The molecule has 1 aliphatic heterocycles. The Morgan fingerprint density at radius 3 is 2.30 bits per heavy atom. The Morgan fingerprint density at radius 2 is 1.78 bits per heavy atom. The average Bonchev–Trinajstić information content (AvgIpc) is 3.09. The van der Waals surface area contributed by atoms with Gasteiger partial charge in [-0.15, -0.1) is 0 Å². The summed E-state index contributed by atoms with van der Waals surface area (Å²) >= 11 is 0. The Balaban J connectivity index is 2.83. The molecule has 12 nitrogen and oxygen atoms in total. The number of nitrogens with two attached hydrogens (primary N) is 1. The number of carbonyl (C=O) groups excluding carboxylic acids is 3. The first kappa shape index (κ1) is 22.3. The largest absolute Gasteiger partial charge is 0.481 e. The predicted octanol–water partition coefficient (Wildman–Crippen LogP) is -3.15. The number of carboxylic acids is 2. The van der Waals surface area contributed by atoms with Crippen molar-refractivity contribution in [3.8, 4) is 0 Å². The summed E-state index contributed by atoms with van der Waals surface area (Å²) in [6.07, 6.45) is -0.0630. The van der Waals surface area contributed by atoms with Gasteiger partial charge in [0.2, 0.25) is 17.7 Å². The van der Waals surface area contributed by atoms with Crippen LogP contribution in [0, 0.1) is 0 Å². The average molecular weight is 388 g/mol. The smallest absolute Gasteiger partial charge is 0.326 e. The summed E-state index contributed by atoms with van der Waals surface area (Å²) in [6, 6.07) is -4.96.